The fraction of sp³-hybridized carbons (Fsp3) is 0.400. The van der Waals surface area contributed by atoms with Crippen molar-refractivity contribution in [2.24, 2.45) is 0 Å². The Morgan fingerprint density at radius 1 is 1.32 bits per heavy atom. The quantitative estimate of drug-likeness (QED) is 0.844. The fourth-order valence-electron chi connectivity index (χ4n) is 3.21. The topological polar surface area (TPSA) is 48.0 Å². The molecule has 2 aromatic heterocycles. The second-order valence-corrected chi connectivity index (χ2v) is 6.76. The molecule has 0 aromatic carbocycles. The molecule has 0 amide bonds. The summed E-state index contributed by atoms with van der Waals surface area (Å²) in [5.74, 6) is 0. The lowest BCUT2D eigenvalue weighted by Crippen LogP contribution is -2.42. The highest BCUT2D eigenvalue weighted by molar-refractivity contribution is 5.22. The van der Waals surface area contributed by atoms with Crippen LogP contribution < -0.4 is 0 Å². The molecule has 1 unspecified atom stereocenters. The second-order valence-electron chi connectivity index (χ2n) is 6.76. The van der Waals surface area contributed by atoms with Crippen LogP contribution >= 0.6 is 0 Å². The van der Waals surface area contributed by atoms with E-state index >= 15 is 0 Å². The van der Waals surface area contributed by atoms with Crippen LogP contribution in [-0.4, -0.2) is 50.9 Å². The van der Waals surface area contributed by atoms with Crippen molar-refractivity contribution in [2.45, 2.75) is 32.9 Å². The zero-order valence-electron chi connectivity index (χ0n) is 15.3. The summed E-state index contributed by atoms with van der Waals surface area (Å²) in [6, 6.07) is 4.53. The molecule has 0 saturated carbocycles. The lowest BCUT2D eigenvalue weighted by Gasteiger charge is -2.35. The number of hydrogen-bond acceptors (Lipinski definition) is 4. The van der Waals surface area contributed by atoms with E-state index in [1.807, 2.05) is 18.5 Å². The average Bonchev–Trinajstić information content (AvgIpc) is 3.11. The molecule has 0 saturated heterocycles. The van der Waals surface area contributed by atoms with E-state index in [0.717, 1.165) is 31.7 Å². The van der Waals surface area contributed by atoms with Gasteiger partial charge in [0.15, 0.2) is 0 Å². The van der Waals surface area contributed by atoms with Crippen molar-refractivity contribution in [1.29, 1.82) is 0 Å². The van der Waals surface area contributed by atoms with Crippen LogP contribution in [0.1, 0.15) is 23.9 Å². The molecule has 0 fully saturated rings. The molecule has 0 aliphatic carbocycles. The van der Waals surface area contributed by atoms with E-state index in [1.165, 1.54) is 16.8 Å². The van der Waals surface area contributed by atoms with Crippen LogP contribution in [0.5, 0.6) is 0 Å². The molecule has 5 nitrogen and oxygen atoms in total. The standard InChI is InChI=1S/C20H27N5/c1-16-6-4-9-22-19(16)13-25(11-8-18-12-21-15-23-18)14-20-17(2)7-5-10-24(20)3/h4-7,9-10,12,15,20H,8,11,13-14H2,1-3H3,(H,21,23). The van der Waals surface area contributed by atoms with Crippen molar-refractivity contribution in [3.05, 3.63) is 71.7 Å². The molecule has 0 bridgehead atoms. The molecule has 1 N–H and O–H groups in total. The Bertz CT molecular complexity index is 732. The van der Waals surface area contributed by atoms with Crippen LogP contribution in [0, 0.1) is 6.92 Å². The molecule has 1 aliphatic heterocycles. The molecular formula is C20H27N5. The number of aromatic nitrogens is 3. The SMILES string of the molecule is CC1=CC=CN(C)C1CN(CCc1cnc[nH]1)Cc1ncccc1C. The van der Waals surface area contributed by atoms with Gasteiger partial charge in [-0.05, 0) is 43.3 Å². The van der Waals surface area contributed by atoms with E-state index in [4.69, 9.17) is 0 Å². The Morgan fingerprint density at radius 3 is 2.92 bits per heavy atom. The van der Waals surface area contributed by atoms with Gasteiger partial charge in [-0.3, -0.25) is 9.88 Å². The van der Waals surface area contributed by atoms with Gasteiger partial charge < -0.3 is 9.88 Å². The normalized spacial score (nSPS) is 17.2. The van der Waals surface area contributed by atoms with E-state index in [2.05, 4.69) is 70.1 Å². The third kappa shape index (κ3) is 4.57. The predicted molar refractivity (Wildman–Crippen MR) is 101 cm³/mol. The molecule has 5 heteroatoms. The van der Waals surface area contributed by atoms with Gasteiger partial charge in [0.25, 0.3) is 0 Å². The highest BCUT2D eigenvalue weighted by Crippen LogP contribution is 2.17. The van der Waals surface area contributed by atoms with Crippen LogP contribution in [0.4, 0.5) is 0 Å². The maximum absolute atomic E-state index is 4.59. The first-order valence-corrected chi connectivity index (χ1v) is 8.80. The summed E-state index contributed by atoms with van der Waals surface area (Å²) in [4.78, 5) is 16.7. The number of allylic oxidation sites excluding steroid dienone is 2. The minimum atomic E-state index is 0.399. The summed E-state index contributed by atoms with van der Waals surface area (Å²) in [5, 5.41) is 0. The first kappa shape index (κ1) is 17.4. The average molecular weight is 337 g/mol. The van der Waals surface area contributed by atoms with Crippen molar-refractivity contribution in [3.8, 4) is 0 Å². The van der Waals surface area contributed by atoms with Gasteiger partial charge in [0.2, 0.25) is 0 Å². The number of nitrogens with zero attached hydrogens (tertiary/aromatic N) is 4. The van der Waals surface area contributed by atoms with E-state index in [9.17, 15) is 0 Å². The summed E-state index contributed by atoms with van der Waals surface area (Å²) in [5.41, 5.74) is 4.97. The Morgan fingerprint density at radius 2 is 2.20 bits per heavy atom. The lowest BCUT2D eigenvalue weighted by molar-refractivity contribution is 0.204. The van der Waals surface area contributed by atoms with Gasteiger partial charge in [-0.1, -0.05) is 12.1 Å². The summed E-state index contributed by atoms with van der Waals surface area (Å²) >= 11 is 0. The van der Waals surface area contributed by atoms with Gasteiger partial charge in [0.05, 0.1) is 18.1 Å². The maximum atomic E-state index is 4.59. The largest absolute Gasteiger partial charge is 0.372 e. The Hall–Kier alpha value is -2.40. The third-order valence-corrected chi connectivity index (χ3v) is 4.87. The molecule has 25 heavy (non-hydrogen) atoms. The number of aromatic amines is 1. The minimum Gasteiger partial charge on any atom is -0.372 e. The van der Waals surface area contributed by atoms with Crippen LogP contribution in [-0.2, 0) is 13.0 Å². The monoisotopic (exact) mass is 337 g/mol. The molecule has 1 atom stereocenters. The molecule has 132 valence electrons. The molecular weight excluding hydrogens is 310 g/mol. The molecule has 0 radical (unpaired) electrons. The summed E-state index contributed by atoms with van der Waals surface area (Å²) in [7, 11) is 2.15. The fourth-order valence-corrected chi connectivity index (χ4v) is 3.21. The van der Waals surface area contributed by atoms with E-state index in [-0.39, 0.29) is 0 Å². The number of hydrogen-bond donors (Lipinski definition) is 1. The van der Waals surface area contributed by atoms with Gasteiger partial charge in [-0.15, -0.1) is 0 Å². The second kappa shape index (κ2) is 8.12. The van der Waals surface area contributed by atoms with Crippen molar-refractivity contribution in [2.75, 3.05) is 20.1 Å². The number of imidazole rings is 1. The van der Waals surface area contributed by atoms with Gasteiger partial charge in [0.1, 0.15) is 0 Å². The van der Waals surface area contributed by atoms with Crippen molar-refractivity contribution in [3.63, 3.8) is 0 Å². The van der Waals surface area contributed by atoms with E-state index in [1.54, 1.807) is 6.33 Å². The Labute approximate surface area is 150 Å². The third-order valence-electron chi connectivity index (χ3n) is 4.87. The van der Waals surface area contributed by atoms with E-state index < -0.39 is 0 Å². The van der Waals surface area contributed by atoms with Crippen LogP contribution in [0.15, 0.2) is 54.8 Å². The van der Waals surface area contributed by atoms with Gasteiger partial charge in [-0.2, -0.15) is 0 Å². The van der Waals surface area contributed by atoms with Crippen molar-refractivity contribution < 1.29 is 0 Å². The van der Waals surface area contributed by atoms with Crippen LogP contribution in [0.2, 0.25) is 0 Å². The highest BCUT2D eigenvalue weighted by Gasteiger charge is 2.21. The number of pyridine rings is 1. The van der Waals surface area contributed by atoms with E-state index in [0.29, 0.717) is 6.04 Å². The number of nitrogens with one attached hydrogen (secondary N) is 1. The highest BCUT2D eigenvalue weighted by atomic mass is 15.2. The first-order valence-electron chi connectivity index (χ1n) is 8.80. The molecule has 1 aliphatic rings. The Kier molecular flexibility index (Phi) is 5.66. The smallest absolute Gasteiger partial charge is 0.0921 e. The summed E-state index contributed by atoms with van der Waals surface area (Å²) in [6.45, 7) is 7.16. The van der Waals surface area contributed by atoms with Crippen LogP contribution in [0.3, 0.4) is 0 Å². The minimum absolute atomic E-state index is 0.399. The van der Waals surface area contributed by atoms with Gasteiger partial charge >= 0.3 is 0 Å². The van der Waals surface area contributed by atoms with Crippen molar-refractivity contribution >= 4 is 0 Å². The van der Waals surface area contributed by atoms with Gasteiger partial charge in [-0.25, -0.2) is 4.98 Å². The maximum Gasteiger partial charge on any atom is 0.0921 e. The number of aryl methyl sites for hydroxylation is 1. The van der Waals surface area contributed by atoms with Crippen LogP contribution in [0.25, 0.3) is 0 Å². The summed E-state index contributed by atoms with van der Waals surface area (Å²) < 4.78 is 0. The summed E-state index contributed by atoms with van der Waals surface area (Å²) in [6.07, 6.45) is 13.0. The van der Waals surface area contributed by atoms with Gasteiger partial charge in [0, 0.05) is 51.2 Å². The first-order chi connectivity index (χ1) is 12.1. The lowest BCUT2D eigenvalue weighted by atomic mass is 10.0. The van der Waals surface area contributed by atoms with Crippen molar-refractivity contribution in [1.82, 2.24) is 24.8 Å². The zero-order valence-corrected chi connectivity index (χ0v) is 15.3. The zero-order chi connectivity index (χ0) is 17.6. The molecule has 0 spiro atoms. The number of likely N-dealkylation sites (N-methyl/N-ethyl adjacent to an activating group) is 1. The Balaban J connectivity index is 1.72. The number of H-pyrrole nitrogens is 1. The number of rotatable bonds is 7. The molecule has 3 heterocycles. The molecule has 3 rings (SSSR count). The predicted octanol–water partition coefficient (Wildman–Crippen LogP) is 2.93. The molecule has 2 aromatic rings.